The lowest BCUT2D eigenvalue weighted by atomic mass is 9.81. The number of carbonyl (C=O) groups is 1. The molecular weight excluding hydrogens is 429 g/mol. The first-order chi connectivity index (χ1) is 12.8. The molecule has 0 radical (unpaired) electrons. The molecule has 0 bridgehead atoms. The number of hydrogen-bond acceptors (Lipinski definition) is 4. The number of piperidine rings is 1. The van der Waals surface area contributed by atoms with Crippen LogP contribution in [0.1, 0.15) is 44.6 Å². The summed E-state index contributed by atoms with van der Waals surface area (Å²) < 4.78 is 45.5. The second-order valence-electron chi connectivity index (χ2n) is 7.08. The van der Waals surface area contributed by atoms with Crippen molar-refractivity contribution in [3.63, 3.8) is 0 Å². The Balaban J connectivity index is 0.00000392. The second-order valence-corrected chi connectivity index (χ2v) is 7.08. The van der Waals surface area contributed by atoms with E-state index in [9.17, 15) is 18.0 Å². The predicted octanol–water partition coefficient (Wildman–Crippen LogP) is 4.54. The third kappa shape index (κ3) is 9.49. The topological polar surface area (TPSA) is 38.8 Å². The van der Waals surface area contributed by atoms with Crippen molar-refractivity contribution in [2.75, 3.05) is 13.1 Å². The third-order valence-corrected chi connectivity index (χ3v) is 5.14. The highest BCUT2D eigenvalue weighted by Gasteiger charge is 2.32. The van der Waals surface area contributed by atoms with Gasteiger partial charge >= 0.3 is 14.4 Å². The van der Waals surface area contributed by atoms with Gasteiger partial charge < -0.3 is 9.39 Å². The highest BCUT2D eigenvalue weighted by molar-refractivity contribution is 6.05. The summed E-state index contributed by atoms with van der Waals surface area (Å²) in [6.07, 6.45) is 0.135. The van der Waals surface area contributed by atoms with Crippen molar-refractivity contribution in [2.45, 2.75) is 51.9 Å². The molecule has 29 heavy (non-hydrogen) atoms. The van der Waals surface area contributed by atoms with E-state index in [1.165, 1.54) is 20.2 Å². The van der Waals surface area contributed by atoms with Gasteiger partial charge in [-0.2, -0.15) is 0 Å². The minimum atomic E-state index is -4.67. The fourth-order valence-corrected chi connectivity index (χ4v) is 3.69. The Hall–Kier alpha value is -1.12. The van der Waals surface area contributed by atoms with Gasteiger partial charge in [-0.15, -0.1) is 38.0 Å². The van der Waals surface area contributed by atoms with Crippen molar-refractivity contribution < 1.29 is 27.4 Å². The summed E-state index contributed by atoms with van der Waals surface area (Å²) in [5, 5.41) is 0. The number of rotatable bonds is 8. The Bertz CT molecular complexity index is 597. The number of benzene rings is 1. The van der Waals surface area contributed by atoms with Crippen molar-refractivity contribution in [2.24, 2.45) is 11.8 Å². The van der Waals surface area contributed by atoms with Gasteiger partial charge in [0, 0.05) is 6.54 Å². The summed E-state index contributed by atoms with van der Waals surface area (Å²) >= 11 is 0. The van der Waals surface area contributed by atoms with E-state index in [1.807, 2.05) is 0 Å². The Morgan fingerprint density at radius 1 is 1.21 bits per heavy atom. The summed E-state index contributed by atoms with van der Waals surface area (Å²) in [6.45, 7) is 4.52. The molecule has 1 fully saturated rings. The van der Waals surface area contributed by atoms with Crippen molar-refractivity contribution in [1.29, 1.82) is 0 Å². The van der Waals surface area contributed by atoms with Crippen LogP contribution in [0.3, 0.4) is 0 Å². The number of ether oxygens (including phenoxy) is 1. The van der Waals surface area contributed by atoms with E-state index in [0.717, 1.165) is 50.8 Å². The summed E-state index contributed by atoms with van der Waals surface area (Å²) in [6, 6.07) is 6.00. The molecule has 1 aliphatic rings. The van der Waals surface area contributed by atoms with Gasteiger partial charge in [0.15, 0.2) is 0 Å². The molecule has 0 N–H and O–H groups in total. The molecule has 1 aromatic rings. The molecule has 1 atom stereocenters. The van der Waals surface area contributed by atoms with Crippen molar-refractivity contribution in [1.82, 2.24) is 4.90 Å². The first-order valence-corrected chi connectivity index (χ1v) is 9.47. The van der Waals surface area contributed by atoms with E-state index in [4.69, 9.17) is 4.65 Å². The monoisotopic (exact) mass is 457 g/mol. The number of hydrogen-bond donors (Lipinski definition) is 0. The van der Waals surface area contributed by atoms with Crippen LogP contribution in [0.2, 0.25) is 0 Å². The van der Waals surface area contributed by atoms with Gasteiger partial charge in [-0.3, -0.25) is 9.69 Å². The molecule has 0 saturated carbocycles. The van der Waals surface area contributed by atoms with Gasteiger partial charge in [0.25, 0.3) is 5.97 Å². The van der Waals surface area contributed by atoms with Crippen LogP contribution < -0.4 is 4.74 Å². The molecule has 0 spiro atoms. The molecule has 1 saturated heterocycles. The summed E-state index contributed by atoms with van der Waals surface area (Å²) in [4.78, 5) is 14.4. The third-order valence-electron chi connectivity index (χ3n) is 5.14. The van der Waals surface area contributed by atoms with Gasteiger partial charge in [0.2, 0.25) is 0 Å². The van der Waals surface area contributed by atoms with Crippen LogP contribution in [0.15, 0.2) is 24.3 Å². The lowest BCUT2D eigenvalue weighted by molar-refractivity contribution is -0.274. The fourth-order valence-electron chi connectivity index (χ4n) is 3.69. The Morgan fingerprint density at radius 2 is 1.79 bits per heavy atom. The average Bonchev–Trinajstić information content (AvgIpc) is 2.63. The maximum absolute atomic E-state index is 12.2. The van der Waals surface area contributed by atoms with Crippen LogP contribution in [-0.2, 0) is 16.0 Å². The molecule has 1 aliphatic heterocycles. The molecule has 2 rings (SSSR count). The Labute approximate surface area is 183 Å². The maximum Gasteiger partial charge on any atom is 0.573 e. The number of halogens is 5. The standard InChI is InChI=1S/C19H27BF3NO3.2ClH/c1-2-3-4-17(18(25)27-20)15-9-11-24(12-10-15)13-14-5-7-16(8-6-14)26-19(21,22)23;;/h5-8,15,17H,2-4,9-13,20H2,1H3;2*1H. The van der Waals surface area contributed by atoms with Crippen molar-refractivity contribution >= 4 is 38.8 Å². The van der Waals surface area contributed by atoms with Crippen LogP contribution >= 0.6 is 24.8 Å². The van der Waals surface area contributed by atoms with E-state index in [2.05, 4.69) is 16.6 Å². The predicted molar refractivity (Wildman–Crippen MR) is 113 cm³/mol. The molecule has 1 unspecified atom stereocenters. The van der Waals surface area contributed by atoms with E-state index in [0.29, 0.717) is 12.5 Å². The van der Waals surface area contributed by atoms with Gasteiger partial charge in [0.1, 0.15) is 5.75 Å². The fraction of sp³-hybridized carbons (Fsp3) is 0.632. The van der Waals surface area contributed by atoms with Gasteiger partial charge in [-0.05, 0) is 56.0 Å². The smallest absolute Gasteiger partial charge is 0.543 e. The quantitative estimate of drug-likeness (QED) is 0.537. The highest BCUT2D eigenvalue weighted by Crippen LogP contribution is 2.30. The molecule has 0 aromatic heterocycles. The minimum Gasteiger partial charge on any atom is -0.543 e. The Morgan fingerprint density at radius 3 is 2.28 bits per heavy atom. The normalized spacial score (nSPS) is 16.3. The summed E-state index contributed by atoms with van der Waals surface area (Å²) in [7, 11) is 1.45. The van der Waals surface area contributed by atoms with Crippen molar-refractivity contribution in [3.05, 3.63) is 29.8 Å². The highest BCUT2D eigenvalue weighted by atomic mass is 35.5. The second kappa shape index (κ2) is 13.2. The largest absolute Gasteiger partial charge is 0.573 e. The van der Waals surface area contributed by atoms with Crippen molar-refractivity contribution in [3.8, 4) is 5.75 Å². The van der Waals surface area contributed by atoms with Crippen LogP contribution in [0.4, 0.5) is 13.2 Å². The molecule has 0 aliphatic carbocycles. The lowest BCUT2D eigenvalue weighted by Gasteiger charge is -2.35. The van der Waals surface area contributed by atoms with Crippen LogP contribution in [0.25, 0.3) is 0 Å². The van der Waals surface area contributed by atoms with Gasteiger partial charge in [0.05, 0.1) is 5.92 Å². The van der Waals surface area contributed by atoms with E-state index < -0.39 is 6.36 Å². The minimum absolute atomic E-state index is 0. The number of alkyl halides is 3. The van der Waals surface area contributed by atoms with Crippen LogP contribution in [-0.4, -0.2) is 38.4 Å². The lowest BCUT2D eigenvalue weighted by Crippen LogP contribution is -2.38. The number of unbranched alkanes of at least 4 members (excludes halogenated alkanes) is 1. The first-order valence-electron chi connectivity index (χ1n) is 9.47. The average molecular weight is 458 g/mol. The summed E-state index contributed by atoms with van der Waals surface area (Å²) in [5.74, 6) is -0.0114. The zero-order valence-corrected chi connectivity index (χ0v) is 18.4. The van der Waals surface area contributed by atoms with E-state index in [1.54, 1.807) is 12.1 Å². The summed E-state index contributed by atoms with van der Waals surface area (Å²) in [5.41, 5.74) is 0.943. The first kappa shape index (κ1) is 27.9. The number of carbonyl (C=O) groups excluding carboxylic acids is 1. The molecule has 166 valence electrons. The zero-order valence-electron chi connectivity index (χ0n) is 16.7. The van der Waals surface area contributed by atoms with Gasteiger partial charge in [-0.1, -0.05) is 31.9 Å². The zero-order chi connectivity index (χ0) is 19.9. The van der Waals surface area contributed by atoms with E-state index >= 15 is 0 Å². The number of likely N-dealkylation sites (tertiary alicyclic amines) is 1. The number of nitrogens with zero attached hydrogens (tertiary/aromatic N) is 1. The molecule has 1 heterocycles. The van der Waals surface area contributed by atoms with Crippen LogP contribution in [0, 0.1) is 11.8 Å². The molecule has 10 heteroatoms. The van der Waals surface area contributed by atoms with Crippen LogP contribution in [0.5, 0.6) is 5.75 Å². The molecular formula is C19H29BCl2F3NO3. The van der Waals surface area contributed by atoms with Gasteiger partial charge in [-0.25, -0.2) is 0 Å². The molecule has 0 amide bonds. The maximum atomic E-state index is 12.2. The van der Waals surface area contributed by atoms with E-state index in [-0.39, 0.29) is 42.5 Å². The SMILES string of the molecule is BOC(=O)C(CCCC)C1CCN(Cc2ccc(OC(F)(F)F)cc2)CC1.Cl.Cl. The molecule has 1 aromatic carbocycles. The molecule has 4 nitrogen and oxygen atoms in total. The Kier molecular flexibility index (Phi) is 12.7.